The maximum atomic E-state index is 12.6. The number of benzene rings is 1. The second-order valence-electron chi connectivity index (χ2n) is 5.89. The van der Waals surface area contributed by atoms with Crippen molar-refractivity contribution >= 4 is 6.03 Å². The first-order valence-electron chi connectivity index (χ1n) is 8.45. The zero-order chi connectivity index (χ0) is 18.3. The second kappa shape index (κ2) is 8.94. The third-order valence-corrected chi connectivity index (χ3v) is 4.04. The van der Waals surface area contributed by atoms with Crippen LogP contribution in [-0.2, 0) is 6.18 Å². The molecule has 1 N–H and O–H groups in total. The van der Waals surface area contributed by atoms with Crippen LogP contribution in [0, 0.1) is 0 Å². The van der Waals surface area contributed by atoms with E-state index in [-0.39, 0.29) is 11.8 Å². The number of nitrogens with one attached hydrogen (secondary N) is 1. The number of hydrogen-bond donors (Lipinski definition) is 1. The van der Waals surface area contributed by atoms with Crippen LogP contribution in [0.15, 0.2) is 24.3 Å². The van der Waals surface area contributed by atoms with Gasteiger partial charge in [0.05, 0.1) is 12.2 Å². The summed E-state index contributed by atoms with van der Waals surface area (Å²) in [6.07, 6.45) is -3.64. The number of ether oxygens (including phenoxy) is 1. The minimum absolute atomic E-state index is 0.0324. The fourth-order valence-electron chi connectivity index (χ4n) is 2.68. The molecule has 1 fully saturated rings. The monoisotopic (exact) mass is 359 g/mol. The summed E-state index contributed by atoms with van der Waals surface area (Å²) in [5.41, 5.74) is -0.702. The van der Waals surface area contributed by atoms with Gasteiger partial charge in [0.1, 0.15) is 5.75 Å². The van der Waals surface area contributed by atoms with E-state index in [4.69, 9.17) is 4.74 Å². The van der Waals surface area contributed by atoms with Gasteiger partial charge in [0, 0.05) is 39.3 Å². The van der Waals surface area contributed by atoms with Crippen LogP contribution in [-0.4, -0.2) is 61.7 Å². The lowest BCUT2D eigenvalue weighted by Gasteiger charge is -2.34. The van der Waals surface area contributed by atoms with Gasteiger partial charge in [0.25, 0.3) is 0 Å². The molecule has 0 radical (unpaired) electrons. The molecule has 0 atom stereocenters. The molecule has 0 spiro atoms. The maximum absolute atomic E-state index is 12.6. The van der Waals surface area contributed by atoms with E-state index < -0.39 is 11.7 Å². The van der Waals surface area contributed by atoms with Gasteiger partial charge in [-0.15, -0.1) is 0 Å². The summed E-state index contributed by atoms with van der Waals surface area (Å²) in [5.74, 6) is 0.232. The number of halogens is 3. The van der Waals surface area contributed by atoms with Crippen LogP contribution in [0.5, 0.6) is 5.75 Å². The zero-order valence-electron chi connectivity index (χ0n) is 14.3. The fraction of sp³-hybridized carbons (Fsp3) is 0.588. The maximum Gasteiger partial charge on any atom is 0.416 e. The second-order valence-corrected chi connectivity index (χ2v) is 5.89. The number of piperazine rings is 1. The topological polar surface area (TPSA) is 44.8 Å². The van der Waals surface area contributed by atoms with Gasteiger partial charge in [-0.25, -0.2) is 4.79 Å². The van der Waals surface area contributed by atoms with Crippen molar-refractivity contribution in [2.45, 2.75) is 19.5 Å². The number of nitrogens with zero attached hydrogens (tertiary/aromatic N) is 2. The lowest BCUT2D eigenvalue weighted by molar-refractivity contribution is -0.137. The molecular formula is C17H24F3N3O2. The SMILES string of the molecule is CCNC(=O)N1CCN(CCCOc2cccc(C(F)(F)F)c2)CC1. The molecule has 0 aromatic heterocycles. The van der Waals surface area contributed by atoms with Crippen LogP contribution in [0.3, 0.4) is 0 Å². The van der Waals surface area contributed by atoms with Crippen LogP contribution in [0.25, 0.3) is 0 Å². The van der Waals surface area contributed by atoms with Gasteiger partial charge < -0.3 is 15.0 Å². The normalized spacial score (nSPS) is 15.9. The quantitative estimate of drug-likeness (QED) is 0.795. The van der Waals surface area contributed by atoms with Crippen molar-refractivity contribution in [2.75, 3.05) is 45.9 Å². The molecule has 5 nitrogen and oxygen atoms in total. The first-order chi connectivity index (χ1) is 11.9. The van der Waals surface area contributed by atoms with Crippen molar-refractivity contribution < 1.29 is 22.7 Å². The van der Waals surface area contributed by atoms with E-state index in [1.807, 2.05) is 6.92 Å². The molecule has 2 rings (SSSR count). The van der Waals surface area contributed by atoms with Gasteiger partial charge in [-0.3, -0.25) is 4.90 Å². The summed E-state index contributed by atoms with van der Waals surface area (Å²) in [4.78, 5) is 15.7. The molecule has 2 amide bonds. The highest BCUT2D eigenvalue weighted by molar-refractivity contribution is 5.74. The van der Waals surface area contributed by atoms with Crippen LogP contribution in [0.1, 0.15) is 18.9 Å². The van der Waals surface area contributed by atoms with E-state index in [0.717, 1.165) is 38.2 Å². The average Bonchev–Trinajstić information content (AvgIpc) is 2.59. The lowest BCUT2D eigenvalue weighted by Crippen LogP contribution is -2.51. The van der Waals surface area contributed by atoms with Crippen LogP contribution in [0.2, 0.25) is 0 Å². The van der Waals surface area contributed by atoms with Crippen molar-refractivity contribution in [1.29, 1.82) is 0 Å². The molecule has 1 aromatic rings. The summed E-state index contributed by atoms with van der Waals surface area (Å²) in [6.45, 7) is 6.60. The summed E-state index contributed by atoms with van der Waals surface area (Å²) in [5, 5.41) is 2.78. The van der Waals surface area contributed by atoms with Crippen molar-refractivity contribution in [3.05, 3.63) is 29.8 Å². The number of carbonyl (C=O) groups is 1. The number of carbonyl (C=O) groups excluding carboxylic acids is 1. The number of hydrogen-bond acceptors (Lipinski definition) is 3. The Bertz CT molecular complexity index is 558. The van der Waals surface area contributed by atoms with Crippen molar-refractivity contribution in [1.82, 2.24) is 15.1 Å². The molecule has 0 saturated carbocycles. The minimum Gasteiger partial charge on any atom is -0.494 e. The molecule has 1 aliphatic heterocycles. The van der Waals surface area contributed by atoms with Crippen molar-refractivity contribution in [3.8, 4) is 5.75 Å². The van der Waals surface area contributed by atoms with Gasteiger partial charge in [0.2, 0.25) is 0 Å². The molecular weight excluding hydrogens is 335 g/mol. The highest BCUT2D eigenvalue weighted by atomic mass is 19.4. The molecule has 0 unspecified atom stereocenters. The molecule has 8 heteroatoms. The Hall–Kier alpha value is -1.96. The van der Waals surface area contributed by atoms with Gasteiger partial charge in [0.15, 0.2) is 0 Å². The lowest BCUT2D eigenvalue weighted by atomic mass is 10.2. The molecule has 0 bridgehead atoms. The number of urea groups is 1. The molecule has 1 heterocycles. The van der Waals surface area contributed by atoms with E-state index in [1.54, 1.807) is 4.90 Å². The first-order valence-corrected chi connectivity index (χ1v) is 8.45. The van der Waals surface area contributed by atoms with Gasteiger partial charge >= 0.3 is 12.2 Å². The van der Waals surface area contributed by atoms with Crippen molar-refractivity contribution in [2.24, 2.45) is 0 Å². The van der Waals surface area contributed by atoms with Gasteiger partial charge in [-0.05, 0) is 31.5 Å². The van der Waals surface area contributed by atoms with Gasteiger partial charge in [-0.2, -0.15) is 13.2 Å². The Morgan fingerprint density at radius 1 is 1.24 bits per heavy atom. The van der Waals surface area contributed by atoms with Crippen LogP contribution in [0.4, 0.5) is 18.0 Å². The summed E-state index contributed by atoms with van der Waals surface area (Å²) in [6, 6.07) is 4.89. The average molecular weight is 359 g/mol. The smallest absolute Gasteiger partial charge is 0.416 e. The predicted octanol–water partition coefficient (Wildman–Crippen LogP) is 2.82. The Morgan fingerprint density at radius 3 is 2.60 bits per heavy atom. The third kappa shape index (κ3) is 6.12. The van der Waals surface area contributed by atoms with Crippen LogP contribution < -0.4 is 10.1 Å². The standard InChI is InChI=1S/C17H24F3N3O2/c1-2-21-16(24)23-10-8-22(9-11-23)7-4-12-25-15-6-3-5-14(13-15)17(18,19)20/h3,5-6,13H,2,4,7-12H2,1H3,(H,21,24). The molecule has 140 valence electrons. The van der Waals surface area contributed by atoms with E-state index in [2.05, 4.69) is 10.2 Å². The first kappa shape index (κ1) is 19.4. The highest BCUT2D eigenvalue weighted by Gasteiger charge is 2.30. The summed E-state index contributed by atoms with van der Waals surface area (Å²) >= 11 is 0. The minimum atomic E-state index is -4.36. The van der Waals surface area contributed by atoms with Crippen LogP contribution >= 0.6 is 0 Å². The third-order valence-electron chi connectivity index (χ3n) is 4.04. The molecule has 1 saturated heterocycles. The molecule has 1 aromatic carbocycles. The Morgan fingerprint density at radius 2 is 1.96 bits per heavy atom. The zero-order valence-corrected chi connectivity index (χ0v) is 14.3. The van der Waals surface area contributed by atoms with Crippen molar-refractivity contribution in [3.63, 3.8) is 0 Å². The molecule has 0 aliphatic carbocycles. The molecule has 25 heavy (non-hydrogen) atoms. The van der Waals surface area contributed by atoms with E-state index in [0.29, 0.717) is 26.2 Å². The molecule has 1 aliphatic rings. The summed E-state index contributed by atoms with van der Waals surface area (Å²) in [7, 11) is 0. The Labute approximate surface area is 145 Å². The Balaban J connectivity index is 1.67. The van der Waals surface area contributed by atoms with Gasteiger partial charge in [-0.1, -0.05) is 6.07 Å². The number of rotatable bonds is 6. The van der Waals surface area contributed by atoms with E-state index in [1.165, 1.54) is 12.1 Å². The number of alkyl halides is 3. The largest absolute Gasteiger partial charge is 0.494 e. The van der Waals surface area contributed by atoms with E-state index in [9.17, 15) is 18.0 Å². The predicted molar refractivity (Wildman–Crippen MR) is 88.6 cm³/mol. The summed E-state index contributed by atoms with van der Waals surface area (Å²) < 4.78 is 43.3. The fourth-order valence-corrected chi connectivity index (χ4v) is 2.68. The van der Waals surface area contributed by atoms with E-state index >= 15 is 0 Å². The number of amides is 2. The Kier molecular flexibility index (Phi) is 6.92. The highest BCUT2D eigenvalue weighted by Crippen LogP contribution is 2.31.